The van der Waals surface area contributed by atoms with E-state index in [1.54, 1.807) is 17.5 Å². The van der Waals surface area contributed by atoms with Crippen molar-refractivity contribution in [2.75, 3.05) is 18.5 Å². The van der Waals surface area contributed by atoms with Gasteiger partial charge in [0.25, 0.3) is 0 Å². The molecule has 2 aromatic heterocycles. The van der Waals surface area contributed by atoms with E-state index in [2.05, 4.69) is 32.8 Å². The highest BCUT2D eigenvalue weighted by Crippen LogP contribution is 2.25. The standard InChI is InChI=1S/C19H19N3O2S/c1-2-4-15(5-3-1)17-13-25-19(22-17)21-11-14-6-8-20-18(10-14)24-16-7-9-23-12-16/h1-6,8,10,13,16H,7,9,11-12H2,(H,21,22). The fraction of sp³-hybridized carbons (Fsp3) is 0.263. The van der Waals surface area contributed by atoms with Gasteiger partial charge in [-0.3, -0.25) is 0 Å². The van der Waals surface area contributed by atoms with E-state index in [0.717, 1.165) is 35.0 Å². The highest BCUT2D eigenvalue weighted by molar-refractivity contribution is 7.14. The molecule has 1 aromatic carbocycles. The zero-order valence-corrected chi connectivity index (χ0v) is 14.5. The van der Waals surface area contributed by atoms with Gasteiger partial charge in [-0.15, -0.1) is 11.3 Å². The van der Waals surface area contributed by atoms with Crippen molar-refractivity contribution < 1.29 is 9.47 Å². The third-order valence-corrected chi connectivity index (χ3v) is 4.79. The molecule has 0 saturated carbocycles. The van der Waals surface area contributed by atoms with Crippen molar-refractivity contribution in [2.24, 2.45) is 0 Å². The first-order chi connectivity index (χ1) is 12.4. The Balaban J connectivity index is 1.37. The minimum atomic E-state index is 0.114. The van der Waals surface area contributed by atoms with E-state index in [9.17, 15) is 0 Å². The molecule has 1 aliphatic rings. The predicted molar refractivity (Wildman–Crippen MR) is 99.0 cm³/mol. The molecule has 0 amide bonds. The second kappa shape index (κ2) is 7.63. The molecular formula is C19H19N3O2S. The van der Waals surface area contributed by atoms with Crippen molar-refractivity contribution in [2.45, 2.75) is 19.1 Å². The van der Waals surface area contributed by atoms with Gasteiger partial charge in [-0.1, -0.05) is 30.3 Å². The monoisotopic (exact) mass is 353 g/mol. The number of benzene rings is 1. The number of nitrogens with one attached hydrogen (secondary N) is 1. The third-order valence-electron chi connectivity index (χ3n) is 3.99. The molecule has 0 spiro atoms. The van der Waals surface area contributed by atoms with Crippen LogP contribution in [0.3, 0.4) is 0 Å². The van der Waals surface area contributed by atoms with Crippen molar-refractivity contribution in [1.29, 1.82) is 0 Å². The summed E-state index contributed by atoms with van der Waals surface area (Å²) in [6, 6.07) is 14.1. The average Bonchev–Trinajstić information content (AvgIpc) is 3.33. The Bertz CT molecular complexity index is 816. The Hall–Kier alpha value is -2.44. The van der Waals surface area contributed by atoms with E-state index in [4.69, 9.17) is 9.47 Å². The number of hydrogen-bond donors (Lipinski definition) is 1. The van der Waals surface area contributed by atoms with Gasteiger partial charge in [-0.2, -0.15) is 0 Å². The van der Waals surface area contributed by atoms with Crippen LogP contribution >= 0.6 is 11.3 Å². The highest BCUT2D eigenvalue weighted by atomic mass is 32.1. The molecular weight excluding hydrogens is 334 g/mol. The Labute approximate surface area is 150 Å². The molecule has 3 aromatic rings. The normalized spacial score (nSPS) is 16.7. The number of nitrogens with zero attached hydrogens (tertiary/aromatic N) is 2. The van der Waals surface area contributed by atoms with Crippen LogP contribution in [0.15, 0.2) is 54.0 Å². The Kier molecular flexibility index (Phi) is 4.90. The van der Waals surface area contributed by atoms with Gasteiger partial charge in [0.05, 0.1) is 18.9 Å². The quantitative estimate of drug-likeness (QED) is 0.726. The van der Waals surface area contributed by atoms with Crippen molar-refractivity contribution in [1.82, 2.24) is 9.97 Å². The van der Waals surface area contributed by atoms with E-state index >= 15 is 0 Å². The molecule has 5 nitrogen and oxygen atoms in total. The van der Waals surface area contributed by atoms with Gasteiger partial charge in [-0.05, 0) is 11.6 Å². The second-order valence-electron chi connectivity index (χ2n) is 5.86. The van der Waals surface area contributed by atoms with E-state index in [1.807, 2.05) is 30.3 Å². The molecule has 1 saturated heterocycles. The minimum absolute atomic E-state index is 0.114. The fourth-order valence-corrected chi connectivity index (χ4v) is 3.39. The summed E-state index contributed by atoms with van der Waals surface area (Å²) in [7, 11) is 0. The molecule has 128 valence electrons. The van der Waals surface area contributed by atoms with Crippen molar-refractivity contribution >= 4 is 16.5 Å². The number of aromatic nitrogens is 2. The second-order valence-corrected chi connectivity index (χ2v) is 6.72. The lowest BCUT2D eigenvalue weighted by atomic mass is 10.2. The van der Waals surface area contributed by atoms with Gasteiger partial charge in [0.15, 0.2) is 5.13 Å². The largest absolute Gasteiger partial charge is 0.472 e. The van der Waals surface area contributed by atoms with Crippen molar-refractivity contribution in [3.8, 4) is 17.1 Å². The maximum Gasteiger partial charge on any atom is 0.213 e. The Morgan fingerprint density at radius 1 is 1.24 bits per heavy atom. The Morgan fingerprint density at radius 2 is 2.16 bits per heavy atom. The van der Waals surface area contributed by atoms with E-state index in [1.165, 1.54) is 0 Å². The molecule has 6 heteroatoms. The molecule has 1 unspecified atom stereocenters. The average molecular weight is 353 g/mol. The van der Waals surface area contributed by atoms with E-state index in [-0.39, 0.29) is 6.10 Å². The first-order valence-electron chi connectivity index (χ1n) is 8.31. The number of ether oxygens (including phenoxy) is 2. The molecule has 1 fully saturated rings. The number of rotatable bonds is 6. The minimum Gasteiger partial charge on any atom is -0.472 e. The summed E-state index contributed by atoms with van der Waals surface area (Å²) >= 11 is 1.61. The molecule has 0 aliphatic carbocycles. The van der Waals surface area contributed by atoms with Crippen LogP contribution < -0.4 is 10.1 Å². The number of hydrogen-bond acceptors (Lipinski definition) is 6. The van der Waals surface area contributed by atoms with Crippen LogP contribution in [0.5, 0.6) is 5.88 Å². The number of anilines is 1. The lowest BCUT2D eigenvalue weighted by molar-refractivity contribution is 0.138. The van der Waals surface area contributed by atoms with Crippen LogP contribution in [-0.4, -0.2) is 29.3 Å². The molecule has 0 radical (unpaired) electrons. The van der Waals surface area contributed by atoms with Crippen molar-refractivity contribution in [3.05, 3.63) is 59.6 Å². The zero-order chi connectivity index (χ0) is 16.9. The molecule has 3 heterocycles. The van der Waals surface area contributed by atoms with Crippen molar-refractivity contribution in [3.63, 3.8) is 0 Å². The van der Waals surface area contributed by atoms with Crippen LogP contribution in [0.25, 0.3) is 11.3 Å². The Morgan fingerprint density at radius 3 is 3.00 bits per heavy atom. The van der Waals surface area contributed by atoms with Gasteiger partial charge in [-0.25, -0.2) is 9.97 Å². The number of pyridine rings is 1. The molecule has 4 rings (SSSR count). The molecule has 25 heavy (non-hydrogen) atoms. The molecule has 1 aliphatic heterocycles. The summed E-state index contributed by atoms with van der Waals surface area (Å²) in [5, 5.41) is 6.34. The summed E-state index contributed by atoms with van der Waals surface area (Å²) in [6.45, 7) is 2.09. The lowest BCUT2D eigenvalue weighted by Crippen LogP contribution is -2.16. The first kappa shape index (κ1) is 16.1. The van der Waals surface area contributed by atoms with Crippen LogP contribution in [-0.2, 0) is 11.3 Å². The van der Waals surface area contributed by atoms with Gasteiger partial charge < -0.3 is 14.8 Å². The summed E-state index contributed by atoms with van der Waals surface area (Å²) in [6.07, 6.45) is 2.81. The van der Waals surface area contributed by atoms with Crippen LogP contribution in [0, 0.1) is 0 Å². The maximum atomic E-state index is 5.85. The number of thiazole rings is 1. The van der Waals surface area contributed by atoms with Crippen LogP contribution in [0.2, 0.25) is 0 Å². The smallest absolute Gasteiger partial charge is 0.213 e. The SMILES string of the molecule is c1ccc(-c2csc(NCc3ccnc(OC4CCOC4)c3)n2)cc1. The van der Waals surface area contributed by atoms with Gasteiger partial charge in [0.2, 0.25) is 5.88 Å². The summed E-state index contributed by atoms with van der Waals surface area (Å²) in [5.41, 5.74) is 3.23. The summed E-state index contributed by atoms with van der Waals surface area (Å²) in [4.78, 5) is 8.93. The first-order valence-corrected chi connectivity index (χ1v) is 9.19. The lowest BCUT2D eigenvalue weighted by Gasteiger charge is -2.11. The van der Waals surface area contributed by atoms with Crippen LogP contribution in [0.4, 0.5) is 5.13 Å². The summed E-state index contributed by atoms with van der Waals surface area (Å²) in [5.74, 6) is 0.652. The van der Waals surface area contributed by atoms with Crippen LogP contribution in [0.1, 0.15) is 12.0 Å². The van der Waals surface area contributed by atoms with Gasteiger partial charge >= 0.3 is 0 Å². The highest BCUT2D eigenvalue weighted by Gasteiger charge is 2.17. The van der Waals surface area contributed by atoms with E-state index in [0.29, 0.717) is 19.0 Å². The molecule has 1 N–H and O–H groups in total. The van der Waals surface area contributed by atoms with Gasteiger partial charge in [0.1, 0.15) is 6.10 Å². The van der Waals surface area contributed by atoms with Gasteiger partial charge in [0, 0.05) is 36.2 Å². The molecule has 1 atom stereocenters. The van der Waals surface area contributed by atoms with E-state index < -0.39 is 0 Å². The topological polar surface area (TPSA) is 56.3 Å². The zero-order valence-electron chi connectivity index (χ0n) is 13.7. The third kappa shape index (κ3) is 4.15. The fourth-order valence-electron chi connectivity index (χ4n) is 2.68. The maximum absolute atomic E-state index is 5.85. The predicted octanol–water partition coefficient (Wildman–Crippen LogP) is 3.98. The summed E-state index contributed by atoms with van der Waals surface area (Å²) < 4.78 is 11.2. The molecule has 0 bridgehead atoms.